The second-order valence-corrected chi connectivity index (χ2v) is 5.58. The Kier molecular flexibility index (Phi) is 10.3. The van der Waals surface area contributed by atoms with Crippen LogP contribution >= 0.6 is 0 Å². The zero-order valence-electron chi connectivity index (χ0n) is 13.2. The molecule has 1 N–H and O–H groups in total. The lowest BCUT2D eigenvalue weighted by molar-refractivity contribution is 0.255. The van der Waals surface area contributed by atoms with E-state index >= 15 is 0 Å². The van der Waals surface area contributed by atoms with Gasteiger partial charge in [-0.25, -0.2) is 0 Å². The van der Waals surface area contributed by atoms with Crippen LogP contribution in [0.25, 0.3) is 0 Å². The summed E-state index contributed by atoms with van der Waals surface area (Å²) in [7, 11) is 0. The van der Waals surface area contributed by atoms with E-state index in [1.165, 1.54) is 57.2 Å². The summed E-state index contributed by atoms with van der Waals surface area (Å²) in [5, 5.41) is 8.99. The average Bonchev–Trinajstić information content (AvgIpc) is 2.89. The molecule has 0 unspecified atom stereocenters. The summed E-state index contributed by atoms with van der Waals surface area (Å²) in [5.41, 5.74) is 0. The molecule has 0 spiro atoms. The second kappa shape index (κ2) is 12.0. The highest BCUT2D eigenvalue weighted by Crippen LogP contribution is 2.11. The molecule has 1 aliphatic rings. The van der Waals surface area contributed by atoms with Crippen LogP contribution < -0.4 is 0 Å². The van der Waals surface area contributed by atoms with E-state index in [0.717, 1.165) is 26.1 Å². The molecule has 3 nitrogen and oxygen atoms in total. The van der Waals surface area contributed by atoms with Crippen LogP contribution in [0.3, 0.4) is 0 Å². The quantitative estimate of drug-likeness (QED) is 0.436. The highest BCUT2D eigenvalue weighted by atomic mass is 16.3. The molecule has 0 atom stereocenters. The number of aliphatic imine (C=N–C) groups is 1. The lowest BCUT2D eigenvalue weighted by Crippen LogP contribution is -2.30. The van der Waals surface area contributed by atoms with Gasteiger partial charge in [0.25, 0.3) is 0 Å². The van der Waals surface area contributed by atoms with Crippen LogP contribution in [0, 0.1) is 0 Å². The van der Waals surface area contributed by atoms with E-state index in [-0.39, 0.29) is 6.61 Å². The van der Waals surface area contributed by atoms with Gasteiger partial charge in [-0.2, -0.15) is 0 Å². The van der Waals surface area contributed by atoms with Crippen LogP contribution in [0.2, 0.25) is 0 Å². The fourth-order valence-corrected chi connectivity index (χ4v) is 2.60. The minimum absolute atomic E-state index is 0.238. The lowest BCUT2D eigenvalue weighted by atomic mass is 10.1. The molecular formula is C17H32N2O. The average molecular weight is 280 g/mol. The minimum atomic E-state index is 0.238. The molecule has 1 aliphatic heterocycles. The van der Waals surface area contributed by atoms with Gasteiger partial charge in [-0.15, -0.1) is 0 Å². The number of allylic oxidation sites excluding steroid dienone is 2. The van der Waals surface area contributed by atoms with Crippen LogP contribution in [0.15, 0.2) is 17.1 Å². The maximum absolute atomic E-state index is 8.99. The van der Waals surface area contributed by atoms with E-state index in [2.05, 4.69) is 29.0 Å². The summed E-state index contributed by atoms with van der Waals surface area (Å²) in [5.74, 6) is 1.22. The summed E-state index contributed by atoms with van der Waals surface area (Å²) >= 11 is 0. The monoisotopic (exact) mass is 280 g/mol. The van der Waals surface area contributed by atoms with E-state index < -0.39 is 0 Å². The van der Waals surface area contributed by atoms with Crippen molar-refractivity contribution in [1.82, 2.24) is 4.90 Å². The Labute approximate surface area is 124 Å². The molecule has 20 heavy (non-hydrogen) atoms. The van der Waals surface area contributed by atoms with Gasteiger partial charge in [0.2, 0.25) is 0 Å². The van der Waals surface area contributed by atoms with Gasteiger partial charge in [0.15, 0.2) is 0 Å². The van der Waals surface area contributed by atoms with Gasteiger partial charge < -0.3 is 10.0 Å². The van der Waals surface area contributed by atoms with Crippen molar-refractivity contribution < 1.29 is 5.11 Å². The largest absolute Gasteiger partial charge is 0.395 e. The maximum Gasteiger partial charge on any atom is 0.0991 e. The maximum atomic E-state index is 8.99. The molecule has 0 aliphatic carbocycles. The summed E-state index contributed by atoms with van der Waals surface area (Å²) in [6, 6.07) is 0. The van der Waals surface area contributed by atoms with Crippen LogP contribution in [0.1, 0.15) is 64.7 Å². The molecule has 0 fully saturated rings. The predicted octanol–water partition coefficient (Wildman–Crippen LogP) is 3.78. The van der Waals surface area contributed by atoms with Gasteiger partial charge in [0, 0.05) is 19.5 Å². The Hall–Kier alpha value is -0.830. The van der Waals surface area contributed by atoms with Crippen molar-refractivity contribution in [2.45, 2.75) is 64.7 Å². The summed E-state index contributed by atoms with van der Waals surface area (Å²) in [4.78, 5) is 6.76. The number of β-amino-alcohol motifs (C(OH)–C–C–N with tert-alkyl or cyclic N) is 1. The zero-order chi connectivity index (χ0) is 14.5. The van der Waals surface area contributed by atoms with Crippen LogP contribution in [-0.4, -0.2) is 42.1 Å². The van der Waals surface area contributed by atoms with Gasteiger partial charge in [-0.1, -0.05) is 38.3 Å². The molecule has 116 valence electrons. The molecule has 0 bridgehead atoms. The van der Waals surface area contributed by atoms with Crippen molar-refractivity contribution in [1.29, 1.82) is 0 Å². The van der Waals surface area contributed by atoms with E-state index in [0.29, 0.717) is 0 Å². The van der Waals surface area contributed by atoms with E-state index in [1.54, 1.807) is 0 Å². The van der Waals surface area contributed by atoms with Gasteiger partial charge in [-0.05, 0) is 32.1 Å². The van der Waals surface area contributed by atoms with Gasteiger partial charge in [-0.3, -0.25) is 4.99 Å². The lowest BCUT2D eigenvalue weighted by Gasteiger charge is -2.18. The number of hydrogen-bond acceptors (Lipinski definition) is 3. The number of aliphatic hydroxyl groups is 1. The fraction of sp³-hybridized carbons (Fsp3) is 0.824. The first-order valence-electron chi connectivity index (χ1n) is 8.42. The first-order valence-corrected chi connectivity index (χ1v) is 8.42. The highest BCUT2D eigenvalue weighted by molar-refractivity contribution is 5.83. The predicted molar refractivity (Wildman–Crippen MR) is 87.3 cm³/mol. The molecule has 0 aromatic carbocycles. The van der Waals surface area contributed by atoms with Crippen LogP contribution in [0.4, 0.5) is 0 Å². The van der Waals surface area contributed by atoms with Crippen molar-refractivity contribution in [3.63, 3.8) is 0 Å². The first kappa shape index (κ1) is 17.2. The zero-order valence-corrected chi connectivity index (χ0v) is 13.2. The number of amidine groups is 1. The summed E-state index contributed by atoms with van der Waals surface area (Å²) < 4.78 is 0. The Morgan fingerprint density at radius 1 is 1.10 bits per heavy atom. The molecule has 0 saturated carbocycles. The van der Waals surface area contributed by atoms with Gasteiger partial charge in [0.1, 0.15) is 0 Å². The third-order valence-corrected chi connectivity index (χ3v) is 3.81. The van der Waals surface area contributed by atoms with Crippen molar-refractivity contribution in [2.75, 3.05) is 26.2 Å². The van der Waals surface area contributed by atoms with E-state index in [4.69, 9.17) is 5.11 Å². The molecule has 0 aromatic rings. The van der Waals surface area contributed by atoms with Crippen molar-refractivity contribution in [3.8, 4) is 0 Å². The standard InChI is InChI=1S/C17H32N2O/c1-2-3-4-5-6-7-8-9-10-11-12-17-18-13-14-19(17)15-16-20/h6-7,20H,2-5,8-16H2,1H3/b7-6+. The Morgan fingerprint density at radius 2 is 1.85 bits per heavy atom. The summed E-state index contributed by atoms with van der Waals surface area (Å²) in [6.07, 6.45) is 16.1. The van der Waals surface area contributed by atoms with Crippen LogP contribution in [0.5, 0.6) is 0 Å². The molecule has 3 heteroatoms. The smallest absolute Gasteiger partial charge is 0.0991 e. The third kappa shape index (κ3) is 7.68. The van der Waals surface area contributed by atoms with E-state index in [9.17, 15) is 0 Å². The molecule has 1 rings (SSSR count). The van der Waals surface area contributed by atoms with Gasteiger partial charge >= 0.3 is 0 Å². The van der Waals surface area contributed by atoms with Crippen molar-refractivity contribution in [3.05, 3.63) is 12.2 Å². The minimum Gasteiger partial charge on any atom is -0.395 e. The molecule has 0 amide bonds. The molecule has 0 aromatic heterocycles. The Balaban J connectivity index is 1.94. The SMILES string of the molecule is CCCCC/C=C/CCCCCC1=NCCN1CCO. The molecular weight excluding hydrogens is 248 g/mol. The molecule has 0 radical (unpaired) electrons. The van der Waals surface area contributed by atoms with Gasteiger partial charge in [0.05, 0.1) is 19.0 Å². The summed E-state index contributed by atoms with van der Waals surface area (Å²) in [6.45, 7) is 5.15. The number of nitrogens with zero attached hydrogens (tertiary/aromatic N) is 2. The first-order chi connectivity index (χ1) is 9.88. The number of hydrogen-bond donors (Lipinski definition) is 1. The Bertz CT molecular complexity index is 287. The second-order valence-electron chi connectivity index (χ2n) is 5.58. The van der Waals surface area contributed by atoms with Crippen molar-refractivity contribution >= 4 is 5.84 Å². The fourth-order valence-electron chi connectivity index (χ4n) is 2.60. The van der Waals surface area contributed by atoms with Crippen molar-refractivity contribution in [2.24, 2.45) is 4.99 Å². The number of unbranched alkanes of at least 4 members (excludes halogenated alkanes) is 6. The normalized spacial score (nSPS) is 15.3. The van der Waals surface area contributed by atoms with E-state index in [1.807, 2.05) is 0 Å². The topological polar surface area (TPSA) is 35.8 Å². The number of aliphatic hydroxyl groups excluding tert-OH is 1. The highest BCUT2D eigenvalue weighted by Gasteiger charge is 2.14. The molecule has 0 saturated heterocycles. The number of rotatable bonds is 12. The van der Waals surface area contributed by atoms with Crippen LogP contribution in [-0.2, 0) is 0 Å². The molecule has 1 heterocycles. The Morgan fingerprint density at radius 3 is 2.55 bits per heavy atom. The third-order valence-electron chi connectivity index (χ3n) is 3.81.